The smallest absolute Gasteiger partial charge is 0.337 e. The largest absolute Gasteiger partial charge is 0.478 e. The van der Waals surface area contributed by atoms with E-state index in [1.165, 1.54) is 32.3 Å². The zero-order chi connectivity index (χ0) is 11.1. The van der Waals surface area contributed by atoms with Gasteiger partial charge in [-0.1, -0.05) is 18.7 Å². The van der Waals surface area contributed by atoms with Crippen LogP contribution in [0.15, 0.2) is 36.0 Å². The molecule has 0 rings (SSSR count). The zero-order valence-corrected chi connectivity index (χ0v) is 8.11. The van der Waals surface area contributed by atoms with Crippen molar-refractivity contribution in [3.8, 4) is 0 Å². The summed E-state index contributed by atoms with van der Waals surface area (Å²) in [6.07, 6.45) is 4.19. The van der Waals surface area contributed by atoms with Gasteiger partial charge in [-0.25, -0.2) is 9.59 Å². The Morgan fingerprint density at radius 3 is 2.43 bits per heavy atom. The average Bonchev–Trinajstić information content (AvgIpc) is 2.15. The minimum atomic E-state index is -1.00. The zero-order valence-electron chi connectivity index (χ0n) is 8.11. The van der Waals surface area contributed by atoms with E-state index < -0.39 is 11.9 Å². The molecule has 0 radical (unpaired) electrons. The van der Waals surface area contributed by atoms with Crippen molar-refractivity contribution in [3.05, 3.63) is 36.0 Å². The normalized spacial score (nSPS) is 11.4. The van der Waals surface area contributed by atoms with Crippen molar-refractivity contribution in [3.63, 3.8) is 0 Å². The molecule has 0 aromatic rings. The monoisotopic (exact) mass is 196 g/mol. The fourth-order valence-corrected chi connectivity index (χ4v) is 0.579. The highest BCUT2D eigenvalue weighted by Gasteiger charge is 2.01. The van der Waals surface area contributed by atoms with Gasteiger partial charge in [0.15, 0.2) is 0 Å². The molecule has 0 aliphatic rings. The molecule has 0 aromatic heterocycles. The minimum absolute atomic E-state index is 0.168. The van der Waals surface area contributed by atoms with Crippen molar-refractivity contribution >= 4 is 11.9 Å². The maximum atomic E-state index is 10.8. The SMILES string of the molecule is C=C(/C=C\C=C(/C)C(=O)O)C(=O)OC. The summed E-state index contributed by atoms with van der Waals surface area (Å²) >= 11 is 0. The molecule has 0 spiro atoms. The third-order valence-corrected chi connectivity index (χ3v) is 1.43. The van der Waals surface area contributed by atoms with Crippen molar-refractivity contribution in [1.82, 2.24) is 0 Å². The van der Waals surface area contributed by atoms with Gasteiger partial charge in [-0.2, -0.15) is 0 Å². The Balaban J connectivity index is 4.33. The lowest BCUT2D eigenvalue weighted by Crippen LogP contribution is -2.00. The highest BCUT2D eigenvalue weighted by Crippen LogP contribution is 1.98. The van der Waals surface area contributed by atoms with E-state index in [2.05, 4.69) is 11.3 Å². The second-order valence-corrected chi connectivity index (χ2v) is 2.53. The molecular formula is C10H12O4. The summed E-state index contributed by atoms with van der Waals surface area (Å²) in [5.74, 6) is -1.54. The minimum Gasteiger partial charge on any atom is -0.478 e. The first-order chi connectivity index (χ1) is 6.49. The molecule has 0 heterocycles. The topological polar surface area (TPSA) is 63.6 Å². The molecule has 0 aromatic carbocycles. The molecule has 4 nitrogen and oxygen atoms in total. The van der Waals surface area contributed by atoms with Crippen LogP contribution in [0.25, 0.3) is 0 Å². The number of carbonyl (C=O) groups excluding carboxylic acids is 1. The number of rotatable bonds is 4. The average molecular weight is 196 g/mol. The molecule has 0 bridgehead atoms. The molecule has 0 unspecified atom stereocenters. The van der Waals surface area contributed by atoms with Crippen molar-refractivity contribution in [1.29, 1.82) is 0 Å². The summed E-state index contributed by atoms with van der Waals surface area (Å²) in [6.45, 7) is 4.88. The summed E-state index contributed by atoms with van der Waals surface area (Å²) < 4.78 is 4.39. The first-order valence-corrected chi connectivity index (χ1v) is 3.84. The summed E-state index contributed by atoms with van der Waals surface area (Å²) in [4.78, 5) is 21.2. The van der Waals surface area contributed by atoms with Crippen LogP contribution in [0.4, 0.5) is 0 Å². The number of hydrogen-bond donors (Lipinski definition) is 1. The second-order valence-electron chi connectivity index (χ2n) is 2.53. The Kier molecular flexibility index (Phi) is 4.99. The van der Waals surface area contributed by atoms with Crippen LogP contribution in [0.3, 0.4) is 0 Å². The van der Waals surface area contributed by atoms with E-state index in [0.717, 1.165) is 0 Å². The van der Waals surface area contributed by atoms with Gasteiger partial charge in [-0.3, -0.25) is 0 Å². The molecule has 1 N–H and O–H groups in total. The van der Waals surface area contributed by atoms with Crippen LogP contribution in [-0.4, -0.2) is 24.2 Å². The summed E-state index contributed by atoms with van der Waals surface area (Å²) in [7, 11) is 1.25. The van der Waals surface area contributed by atoms with Gasteiger partial charge in [-0.15, -0.1) is 0 Å². The molecule has 4 heteroatoms. The van der Waals surface area contributed by atoms with Gasteiger partial charge in [0.1, 0.15) is 0 Å². The predicted molar refractivity (Wildman–Crippen MR) is 51.7 cm³/mol. The summed E-state index contributed by atoms with van der Waals surface area (Å²) in [5.41, 5.74) is 0.348. The Labute approximate surface area is 82.2 Å². The Morgan fingerprint density at radius 1 is 1.43 bits per heavy atom. The molecule has 0 saturated heterocycles. The first kappa shape index (κ1) is 12.2. The first-order valence-electron chi connectivity index (χ1n) is 3.84. The van der Waals surface area contributed by atoms with Crippen molar-refractivity contribution in [2.24, 2.45) is 0 Å². The molecule has 0 amide bonds. The van der Waals surface area contributed by atoms with E-state index in [9.17, 15) is 9.59 Å². The second kappa shape index (κ2) is 5.75. The van der Waals surface area contributed by atoms with Crippen molar-refractivity contribution in [2.75, 3.05) is 7.11 Å². The lowest BCUT2D eigenvalue weighted by atomic mass is 10.2. The van der Waals surface area contributed by atoms with E-state index in [0.29, 0.717) is 0 Å². The maximum absolute atomic E-state index is 10.8. The summed E-state index contributed by atoms with van der Waals surface area (Å²) in [6, 6.07) is 0. The van der Waals surface area contributed by atoms with Gasteiger partial charge in [-0.05, 0) is 13.0 Å². The number of carboxylic acid groups (broad SMARTS) is 1. The van der Waals surface area contributed by atoms with Crippen LogP contribution >= 0.6 is 0 Å². The molecule has 0 fully saturated rings. The molecular weight excluding hydrogens is 184 g/mol. The van der Waals surface area contributed by atoms with Crippen LogP contribution in [0, 0.1) is 0 Å². The molecule has 0 aliphatic carbocycles. The lowest BCUT2D eigenvalue weighted by Gasteiger charge is -1.95. The quantitative estimate of drug-likeness (QED) is 0.418. The fourth-order valence-electron chi connectivity index (χ4n) is 0.579. The van der Waals surface area contributed by atoms with Gasteiger partial charge < -0.3 is 9.84 Å². The third kappa shape index (κ3) is 4.25. The van der Waals surface area contributed by atoms with Gasteiger partial charge in [0.05, 0.1) is 12.7 Å². The van der Waals surface area contributed by atoms with Crippen molar-refractivity contribution < 1.29 is 19.4 Å². The van der Waals surface area contributed by atoms with Gasteiger partial charge in [0.2, 0.25) is 0 Å². The number of aliphatic carboxylic acids is 1. The molecule has 0 aliphatic heterocycles. The van der Waals surface area contributed by atoms with Crippen LogP contribution in [0.5, 0.6) is 0 Å². The van der Waals surface area contributed by atoms with E-state index in [-0.39, 0.29) is 11.1 Å². The van der Waals surface area contributed by atoms with Crippen LogP contribution in [0.1, 0.15) is 6.92 Å². The van der Waals surface area contributed by atoms with Gasteiger partial charge in [0, 0.05) is 5.57 Å². The van der Waals surface area contributed by atoms with Crippen LogP contribution in [0.2, 0.25) is 0 Å². The Hall–Kier alpha value is -1.84. The van der Waals surface area contributed by atoms with Crippen molar-refractivity contribution in [2.45, 2.75) is 6.92 Å². The molecule has 0 atom stereocenters. The van der Waals surface area contributed by atoms with E-state index >= 15 is 0 Å². The number of carbonyl (C=O) groups is 2. The predicted octanol–water partition coefficient (Wildman–Crippen LogP) is 1.30. The number of allylic oxidation sites excluding steroid dienone is 2. The van der Waals surface area contributed by atoms with Crippen LogP contribution < -0.4 is 0 Å². The van der Waals surface area contributed by atoms with Gasteiger partial charge in [0.25, 0.3) is 0 Å². The lowest BCUT2D eigenvalue weighted by molar-refractivity contribution is -0.135. The summed E-state index contributed by atoms with van der Waals surface area (Å²) in [5, 5.41) is 8.49. The van der Waals surface area contributed by atoms with E-state index in [1.807, 2.05) is 0 Å². The van der Waals surface area contributed by atoms with Crippen LogP contribution in [-0.2, 0) is 14.3 Å². The molecule has 0 saturated carbocycles. The molecule has 14 heavy (non-hydrogen) atoms. The number of carboxylic acids is 1. The maximum Gasteiger partial charge on any atom is 0.337 e. The number of hydrogen-bond acceptors (Lipinski definition) is 3. The number of methoxy groups -OCH3 is 1. The highest BCUT2D eigenvalue weighted by atomic mass is 16.5. The Bertz CT molecular complexity index is 310. The number of esters is 1. The highest BCUT2D eigenvalue weighted by molar-refractivity contribution is 5.91. The van der Waals surface area contributed by atoms with E-state index in [4.69, 9.17) is 5.11 Å². The molecule has 76 valence electrons. The third-order valence-electron chi connectivity index (χ3n) is 1.43. The van der Waals surface area contributed by atoms with Gasteiger partial charge >= 0.3 is 11.9 Å². The Morgan fingerprint density at radius 2 is 2.00 bits per heavy atom. The standard InChI is InChI=1S/C10H12O4/c1-7(9(11)12)5-4-6-8(2)10(13)14-3/h4-6H,2H2,1,3H3,(H,11,12)/b6-4-,7-5+. The number of ether oxygens (including phenoxy) is 1. The fraction of sp³-hybridized carbons (Fsp3) is 0.200. The van der Waals surface area contributed by atoms with E-state index in [1.54, 1.807) is 0 Å².